The van der Waals surface area contributed by atoms with Gasteiger partial charge in [-0.3, -0.25) is 14.2 Å². The zero-order chi connectivity index (χ0) is 20.0. The van der Waals surface area contributed by atoms with Gasteiger partial charge in [0, 0.05) is 31.3 Å². The average molecular weight is 392 g/mol. The summed E-state index contributed by atoms with van der Waals surface area (Å²) < 4.78 is 3.24. The Morgan fingerprint density at radius 3 is 2.59 bits per heavy atom. The molecule has 0 bridgehead atoms. The van der Waals surface area contributed by atoms with E-state index < -0.39 is 0 Å². The van der Waals surface area contributed by atoms with Crippen LogP contribution >= 0.6 is 0 Å². The van der Waals surface area contributed by atoms with Crippen molar-refractivity contribution < 1.29 is 0 Å². The predicted octanol–water partition coefficient (Wildman–Crippen LogP) is 2.36. The van der Waals surface area contributed by atoms with Crippen molar-refractivity contribution in [3.05, 3.63) is 56.9 Å². The number of hydrogen-bond donors (Lipinski definition) is 1. The first-order valence-corrected chi connectivity index (χ1v) is 10.3. The van der Waals surface area contributed by atoms with E-state index in [4.69, 9.17) is 0 Å². The normalized spacial score (nSPS) is 22.0. The summed E-state index contributed by atoms with van der Waals surface area (Å²) >= 11 is 0. The molecule has 0 amide bonds. The van der Waals surface area contributed by atoms with Gasteiger partial charge in [0.05, 0.1) is 17.1 Å². The fourth-order valence-corrected chi connectivity index (χ4v) is 4.18. The third kappa shape index (κ3) is 3.43. The van der Waals surface area contributed by atoms with Gasteiger partial charge >= 0.3 is 0 Å². The van der Waals surface area contributed by atoms with E-state index in [9.17, 15) is 9.59 Å². The van der Waals surface area contributed by atoms with E-state index in [-0.39, 0.29) is 23.2 Å². The summed E-state index contributed by atoms with van der Waals surface area (Å²) in [6.07, 6.45) is 7.52. The van der Waals surface area contributed by atoms with Crippen LogP contribution in [0.4, 0.5) is 5.95 Å². The molecule has 8 nitrogen and oxygen atoms in total. The minimum Gasteiger partial charge on any atom is -0.353 e. The van der Waals surface area contributed by atoms with Gasteiger partial charge in [-0.25, -0.2) is 9.67 Å². The van der Waals surface area contributed by atoms with E-state index in [0.29, 0.717) is 22.9 Å². The van der Waals surface area contributed by atoms with Gasteiger partial charge in [0.1, 0.15) is 0 Å². The molecule has 0 radical (unpaired) electrons. The van der Waals surface area contributed by atoms with Crippen molar-refractivity contribution >= 4 is 17.0 Å². The van der Waals surface area contributed by atoms with Crippen LogP contribution in [0, 0.1) is 0 Å². The Labute approximate surface area is 167 Å². The number of pyridine rings is 1. The molecule has 0 aliphatic heterocycles. The third-order valence-corrected chi connectivity index (χ3v) is 6.07. The molecule has 2 aliphatic rings. The maximum absolute atomic E-state index is 12.6. The van der Waals surface area contributed by atoms with Crippen molar-refractivity contribution in [2.24, 2.45) is 7.05 Å². The SMILES string of the molecule is Cn1c(NC2CCC(n3nc(C4CC4)ccc3=O)CC2)nc2ncccc2c1=O. The summed E-state index contributed by atoms with van der Waals surface area (Å²) in [5, 5.41) is 8.58. The van der Waals surface area contributed by atoms with Crippen molar-refractivity contribution in [3.8, 4) is 0 Å². The Balaban J connectivity index is 1.31. The molecule has 2 aliphatic carbocycles. The first-order valence-electron chi connectivity index (χ1n) is 10.3. The van der Waals surface area contributed by atoms with Crippen LogP contribution in [0.5, 0.6) is 0 Å². The van der Waals surface area contributed by atoms with Crippen LogP contribution in [0.3, 0.4) is 0 Å². The van der Waals surface area contributed by atoms with Crippen LogP contribution in [0.2, 0.25) is 0 Å². The van der Waals surface area contributed by atoms with Gasteiger partial charge in [-0.2, -0.15) is 10.1 Å². The van der Waals surface area contributed by atoms with Crippen molar-refractivity contribution in [2.45, 2.75) is 56.5 Å². The van der Waals surface area contributed by atoms with E-state index in [1.807, 2.05) is 6.07 Å². The summed E-state index contributed by atoms with van der Waals surface area (Å²) in [5.74, 6) is 1.07. The van der Waals surface area contributed by atoms with Gasteiger partial charge in [0.2, 0.25) is 5.95 Å². The molecule has 0 saturated heterocycles. The molecule has 2 saturated carbocycles. The quantitative estimate of drug-likeness (QED) is 0.732. The molecule has 150 valence electrons. The van der Waals surface area contributed by atoms with Crippen LogP contribution in [0.25, 0.3) is 11.0 Å². The van der Waals surface area contributed by atoms with Crippen molar-refractivity contribution in [2.75, 3.05) is 5.32 Å². The molecule has 0 aromatic carbocycles. The van der Waals surface area contributed by atoms with Crippen LogP contribution < -0.4 is 16.4 Å². The zero-order valence-electron chi connectivity index (χ0n) is 16.4. The first kappa shape index (κ1) is 18.0. The number of rotatable bonds is 4. The number of nitrogens with zero attached hydrogens (tertiary/aromatic N) is 5. The predicted molar refractivity (Wildman–Crippen MR) is 110 cm³/mol. The van der Waals surface area contributed by atoms with Gasteiger partial charge in [-0.15, -0.1) is 0 Å². The third-order valence-electron chi connectivity index (χ3n) is 6.07. The molecule has 2 fully saturated rings. The topological polar surface area (TPSA) is 94.7 Å². The standard InChI is InChI=1S/C21H24N6O2/c1-26-20(29)16-3-2-12-22-19(16)24-21(26)23-14-6-8-15(9-7-14)27-18(28)11-10-17(25-27)13-4-5-13/h2-3,10-15H,4-9H2,1H3,(H,22,23,24). The number of nitrogens with one attached hydrogen (secondary N) is 1. The molecule has 29 heavy (non-hydrogen) atoms. The molecule has 0 atom stereocenters. The van der Waals surface area contributed by atoms with E-state index in [0.717, 1.165) is 31.4 Å². The lowest BCUT2D eigenvalue weighted by Gasteiger charge is -2.30. The van der Waals surface area contributed by atoms with Gasteiger partial charge in [-0.05, 0) is 56.7 Å². The molecule has 5 rings (SSSR count). The van der Waals surface area contributed by atoms with E-state index in [2.05, 4.69) is 20.4 Å². The summed E-state index contributed by atoms with van der Waals surface area (Å²) in [6.45, 7) is 0. The second-order valence-electron chi connectivity index (χ2n) is 8.14. The minimum absolute atomic E-state index is 0.0181. The lowest BCUT2D eigenvalue weighted by Crippen LogP contribution is -2.35. The number of hydrogen-bond acceptors (Lipinski definition) is 6. The number of fused-ring (bicyclic) bond motifs is 1. The number of anilines is 1. The minimum atomic E-state index is -0.105. The fourth-order valence-electron chi connectivity index (χ4n) is 4.18. The van der Waals surface area contributed by atoms with E-state index >= 15 is 0 Å². The highest BCUT2D eigenvalue weighted by Crippen LogP contribution is 2.38. The summed E-state index contributed by atoms with van der Waals surface area (Å²) in [6, 6.07) is 7.36. The van der Waals surface area contributed by atoms with Crippen molar-refractivity contribution in [3.63, 3.8) is 0 Å². The van der Waals surface area contributed by atoms with Crippen molar-refractivity contribution in [1.29, 1.82) is 0 Å². The molecule has 0 unspecified atom stereocenters. The molecule has 3 aromatic rings. The Kier molecular flexibility index (Phi) is 4.41. The molecule has 0 spiro atoms. The van der Waals surface area contributed by atoms with Crippen molar-refractivity contribution in [1.82, 2.24) is 24.3 Å². The van der Waals surface area contributed by atoms with Gasteiger partial charge in [0.15, 0.2) is 5.65 Å². The maximum Gasteiger partial charge on any atom is 0.267 e. The maximum atomic E-state index is 12.6. The molecular weight excluding hydrogens is 368 g/mol. The summed E-state index contributed by atoms with van der Waals surface area (Å²) in [5.41, 5.74) is 1.38. The van der Waals surface area contributed by atoms with Crippen LogP contribution in [0.15, 0.2) is 40.1 Å². The van der Waals surface area contributed by atoms with Gasteiger partial charge in [0.25, 0.3) is 11.1 Å². The lowest BCUT2D eigenvalue weighted by molar-refractivity contribution is 0.301. The van der Waals surface area contributed by atoms with E-state index in [1.165, 1.54) is 12.8 Å². The monoisotopic (exact) mass is 392 g/mol. The van der Waals surface area contributed by atoms with E-state index in [1.54, 1.807) is 40.7 Å². The molecule has 3 heterocycles. The van der Waals surface area contributed by atoms with Crippen LogP contribution in [-0.4, -0.2) is 30.4 Å². The Morgan fingerprint density at radius 2 is 1.83 bits per heavy atom. The lowest BCUT2D eigenvalue weighted by atomic mass is 9.91. The summed E-state index contributed by atoms with van der Waals surface area (Å²) in [4.78, 5) is 33.6. The average Bonchev–Trinajstić information content (AvgIpc) is 3.58. The second kappa shape index (κ2) is 7.09. The Hall–Kier alpha value is -3.03. The Morgan fingerprint density at radius 1 is 1.03 bits per heavy atom. The smallest absolute Gasteiger partial charge is 0.267 e. The molecular formula is C21H24N6O2. The number of aromatic nitrogens is 5. The Bertz CT molecular complexity index is 1170. The first-order chi connectivity index (χ1) is 14.1. The highest BCUT2D eigenvalue weighted by molar-refractivity contribution is 5.74. The molecule has 1 N–H and O–H groups in total. The largest absolute Gasteiger partial charge is 0.353 e. The van der Waals surface area contributed by atoms with Crippen LogP contribution in [-0.2, 0) is 7.05 Å². The fraction of sp³-hybridized carbons (Fsp3) is 0.476. The second-order valence-corrected chi connectivity index (χ2v) is 8.14. The van der Waals surface area contributed by atoms with Gasteiger partial charge < -0.3 is 5.32 Å². The molecule has 8 heteroatoms. The van der Waals surface area contributed by atoms with Crippen LogP contribution in [0.1, 0.15) is 56.2 Å². The van der Waals surface area contributed by atoms with Gasteiger partial charge in [-0.1, -0.05) is 0 Å². The highest BCUT2D eigenvalue weighted by atomic mass is 16.1. The highest BCUT2D eigenvalue weighted by Gasteiger charge is 2.28. The molecule has 3 aromatic heterocycles. The summed E-state index contributed by atoms with van der Waals surface area (Å²) in [7, 11) is 1.72. The zero-order valence-corrected chi connectivity index (χ0v) is 16.4.